The maximum absolute atomic E-state index is 5.51. The van der Waals surface area contributed by atoms with Gasteiger partial charge in [-0.25, -0.2) is 0 Å². The van der Waals surface area contributed by atoms with Crippen LogP contribution in [0.5, 0.6) is 0 Å². The summed E-state index contributed by atoms with van der Waals surface area (Å²) in [6, 6.07) is 0. The van der Waals surface area contributed by atoms with E-state index in [1.165, 1.54) is 32.1 Å². The third-order valence-corrected chi connectivity index (χ3v) is 2.41. The topological polar surface area (TPSA) is 9.23 Å². The first kappa shape index (κ1) is 7.29. The predicted octanol–water partition coefficient (Wildman–Crippen LogP) is 2.00. The lowest BCUT2D eigenvalue weighted by Crippen LogP contribution is -2.17. The van der Waals surface area contributed by atoms with Crippen LogP contribution in [-0.4, -0.2) is 15.9 Å². The van der Waals surface area contributed by atoms with Crippen LogP contribution in [0, 0.1) is 0 Å². The van der Waals surface area contributed by atoms with Crippen LogP contribution in [0.25, 0.3) is 0 Å². The summed E-state index contributed by atoms with van der Waals surface area (Å²) >= 11 is 0. The van der Waals surface area contributed by atoms with E-state index in [1.807, 2.05) is 0 Å². The standard InChI is InChI=1S/C7H14OSi/c1-9-8-7-5-3-2-4-6-7/h7H,2-6H2,1H3. The highest BCUT2D eigenvalue weighted by Crippen LogP contribution is 2.19. The van der Waals surface area contributed by atoms with E-state index in [-0.39, 0.29) is 0 Å². The highest BCUT2D eigenvalue weighted by atomic mass is 28.2. The van der Waals surface area contributed by atoms with Gasteiger partial charge in [-0.2, -0.15) is 0 Å². The molecule has 1 nitrogen and oxygen atoms in total. The van der Waals surface area contributed by atoms with Gasteiger partial charge in [0.15, 0.2) is 0 Å². The molecular formula is C7H14OSi. The SMILES string of the molecule is C[Si]OC1CCCCC1. The molecule has 0 N–H and O–H groups in total. The molecule has 1 aliphatic carbocycles. The quantitative estimate of drug-likeness (QED) is 0.536. The van der Waals surface area contributed by atoms with Gasteiger partial charge in [0, 0.05) is 6.10 Å². The Balaban J connectivity index is 2.08. The second-order valence-electron chi connectivity index (χ2n) is 2.58. The van der Waals surface area contributed by atoms with Crippen molar-refractivity contribution in [1.29, 1.82) is 0 Å². The molecule has 0 aromatic rings. The summed E-state index contributed by atoms with van der Waals surface area (Å²) in [5, 5.41) is 0. The van der Waals surface area contributed by atoms with Crippen LogP contribution in [0.4, 0.5) is 0 Å². The van der Waals surface area contributed by atoms with Crippen LogP contribution in [0.15, 0.2) is 0 Å². The number of hydrogen-bond donors (Lipinski definition) is 0. The lowest BCUT2D eigenvalue weighted by molar-refractivity contribution is 0.163. The van der Waals surface area contributed by atoms with E-state index in [0.717, 1.165) is 0 Å². The minimum Gasteiger partial charge on any atom is -0.415 e. The third-order valence-electron chi connectivity index (χ3n) is 1.84. The van der Waals surface area contributed by atoms with Crippen LogP contribution in [0.1, 0.15) is 32.1 Å². The zero-order valence-electron chi connectivity index (χ0n) is 6.02. The van der Waals surface area contributed by atoms with Crippen molar-refractivity contribution in [3.63, 3.8) is 0 Å². The Morgan fingerprint density at radius 2 is 1.89 bits per heavy atom. The summed E-state index contributed by atoms with van der Waals surface area (Å²) in [6.07, 6.45) is 7.42. The summed E-state index contributed by atoms with van der Waals surface area (Å²) in [7, 11) is 0.689. The van der Waals surface area contributed by atoms with Crippen molar-refractivity contribution in [1.82, 2.24) is 0 Å². The summed E-state index contributed by atoms with van der Waals surface area (Å²) in [6.45, 7) is 2.11. The average molecular weight is 142 g/mol. The van der Waals surface area contributed by atoms with Gasteiger partial charge in [-0.15, -0.1) is 0 Å². The Hall–Kier alpha value is 0.177. The Morgan fingerprint density at radius 1 is 1.22 bits per heavy atom. The fourth-order valence-corrected chi connectivity index (χ4v) is 1.92. The molecule has 0 aromatic heterocycles. The molecule has 0 amide bonds. The normalized spacial score (nSPS) is 22.3. The van der Waals surface area contributed by atoms with Crippen molar-refractivity contribution in [2.45, 2.75) is 44.8 Å². The van der Waals surface area contributed by atoms with E-state index < -0.39 is 0 Å². The molecule has 2 heteroatoms. The molecule has 0 aromatic carbocycles. The van der Waals surface area contributed by atoms with E-state index in [4.69, 9.17) is 4.43 Å². The van der Waals surface area contributed by atoms with Gasteiger partial charge in [0.2, 0.25) is 9.76 Å². The van der Waals surface area contributed by atoms with Crippen LogP contribution in [0.3, 0.4) is 0 Å². The molecule has 9 heavy (non-hydrogen) atoms. The first-order valence-corrected chi connectivity index (χ1v) is 5.16. The molecule has 1 fully saturated rings. The van der Waals surface area contributed by atoms with E-state index >= 15 is 0 Å². The molecule has 0 atom stereocenters. The zero-order chi connectivity index (χ0) is 6.53. The first-order chi connectivity index (χ1) is 4.43. The van der Waals surface area contributed by atoms with Crippen LogP contribution < -0.4 is 0 Å². The lowest BCUT2D eigenvalue weighted by Gasteiger charge is -2.20. The maximum Gasteiger partial charge on any atom is 0.226 e. The van der Waals surface area contributed by atoms with Crippen LogP contribution >= 0.6 is 0 Å². The van der Waals surface area contributed by atoms with E-state index in [9.17, 15) is 0 Å². The maximum atomic E-state index is 5.51. The second kappa shape index (κ2) is 4.07. The van der Waals surface area contributed by atoms with E-state index in [0.29, 0.717) is 15.9 Å². The molecule has 1 aliphatic rings. The molecule has 0 saturated heterocycles. The fraction of sp³-hybridized carbons (Fsp3) is 1.00. The van der Waals surface area contributed by atoms with Crippen molar-refractivity contribution in [2.75, 3.05) is 0 Å². The van der Waals surface area contributed by atoms with Gasteiger partial charge in [-0.1, -0.05) is 19.3 Å². The molecule has 0 aliphatic heterocycles. The molecule has 1 saturated carbocycles. The molecule has 0 heterocycles. The molecule has 1 rings (SSSR count). The van der Waals surface area contributed by atoms with Gasteiger partial charge in [0.1, 0.15) is 0 Å². The number of hydrogen-bond acceptors (Lipinski definition) is 1. The molecular weight excluding hydrogens is 128 g/mol. The largest absolute Gasteiger partial charge is 0.415 e. The van der Waals surface area contributed by atoms with Crippen molar-refractivity contribution in [3.05, 3.63) is 0 Å². The highest BCUT2D eigenvalue weighted by molar-refractivity contribution is 6.24. The summed E-state index contributed by atoms with van der Waals surface area (Å²) in [5.41, 5.74) is 0. The van der Waals surface area contributed by atoms with Crippen molar-refractivity contribution in [2.24, 2.45) is 0 Å². The Labute approximate surface area is 59.7 Å². The predicted molar refractivity (Wildman–Crippen MR) is 39.6 cm³/mol. The Bertz CT molecular complexity index is 66.6. The monoisotopic (exact) mass is 142 g/mol. The molecule has 0 unspecified atom stereocenters. The Kier molecular flexibility index (Phi) is 3.29. The number of rotatable bonds is 2. The van der Waals surface area contributed by atoms with Crippen molar-refractivity contribution < 1.29 is 4.43 Å². The molecule has 0 spiro atoms. The minimum atomic E-state index is 0.613. The first-order valence-electron chi connectivity index (χ1n) is 3.76. The van der Waals surface area contributed by atoms with Crippen molar-refractivity contribution >= 4 is 9.76 Å². The summed E-state index contributed by atoms with van der Waals surface area (Å²) in [5.74, 6) is 0. The average Bonchev–Trinajstić information content (AvgIpc) is 1.91. The van der Waals surface area contributed by atoms with Crippen molar-refractivity contribution in [3.8, 4) is 0 Å². The minimum absolute atomic E-state index is 0.613. The van der Waals surface area contributed by atoms with E-state index in [1.54, 1.807) is 0 Å². The summed E-state index contributed by atoms with van der Waals surface area (Å²) < 4.78 is 5.51. The smallest absolute Gasteiger partial charge is 0.226 e. The third kappa shape index (κ3) is 2.50. The molecule has 2 radical (unpaired) electrons. The zero-order valence-corrected chi connectivity index (χ0v) is 7.02. The van der Waals surface area contributed by atoms with Crippen LogP contribution in [0.2, 0.25) is 6.55 Å². The molecule has 0 bridgehead atoms. The summed E-state index contributed by atoms with van der Waals surface area (Å²) in [4.78, 5) is 0. The molecule has 52 valence electrons. The van der Waals surface area contributed by atoms with Gasteiger partial charge in [-0.05, 0) is 19.4 Å². The lowest BCUT2D eigenvalue weighted by atomic mass is 9.98. The van der Waals surface area contributed by atoms with E-state index in [2.05, 4.69) is 6.55 Å². The van der Waals surface area contributed by atoms with Crippen LogP contribution in [-0.2, 0) is 4.43 Å². The van der Waals surface area contributed by atoms with Gasteiger partial charge in [0.25, 0.3) is 0 Å². The van der Waals surface area contributed by atoms with Gasteiger partial charge >= 0.3 is 0 Å². The highest BCUT2D eigenvalue weighted by Gasteiger charge is 2.11. The second-order valence-corrected chi connectivity index (χ2v) is 3.23. The van der Waals surface area contributed by atoms with Gasteiger partial charge < -0.3 is 4.43 Å². The fourth-order valence-electron chi connectivity index (χ4n) is 1.35. The Morgan fingerprint density at radius 3 is 2.44 bits per heavy atom. The van der Waals surface area contributed by atoms with Gasteiger partial charge in [-0.3, -0.25) is 0 Å². The van der Waals surface area contributed by atoms with Gasteiger partial charge in [0.05, 0.1) is 0 Å².